The van der Waals surface area contributed by atoms with E-state index in [2.05, 4.69) is 19.2 Å². The van der Waals surface area contributed by atoms with E-state index in [0.717, 1.165) is 12.0 Å². The molecule has 4 unspecified atom stereocenters. The molecule has 3 nitrogen and oxygen atoms in total. The second-order valence-corrected chi connectivity index (χ2v) is 6.47. The molecule has 1 N–H and O–H groups in total. The van der Waals surface area contributed by atoms with E-state index >= 15 is 0 Å². The van der Waals surface area contributed by atoms with Crippen molar-refractivity contribution in [2.45, 2.75) is 45.3 Å². The molecular weight excluding hydrogens is 267 g/mol. The number of hydrogen-bond acceptors (Lipinski definition) is 2. The molecule has 4 heteroatoms. The molecule has 1 aromatic rings. The number of nitrogens with one attached hydrogen (secondary N) is 1. The van der Waals surface area contributed by atoms with E-state index in [0.29, 0.717) is 18.4 Å². The van der Waals surface area contributed by atoms with E-state index in [-0.39, 0.29) is 23.9 Å². The Bertz CT molecular complexity index is 516. The minimum atomic E-state index is -0.241. The predicted octanol–water partition coefficient (Wildman–Crippen LogP) is 3.08. The standard InChI is InChI=1S/C17H23FN2O/c1-11-4-3-5-15(12(11)2)20-16(21)10-19-17(20)13-6-8-14(18)9-7-13/h6-9,11-12,15,17,19H,3-5,10H2,1-2H3. The highest BCUT2D eigenvalue weighted by Gasteiger charge is 2.41. The van der Waals surface area contributed by atoms with Crippen LogP contribution in [0.4, 0.5) is 4.39 Å². The van der Waals surface area contributed by atoms with Crippen LogP contribution in [-0.2, 0) is 4.79 Å². The first-order valence-electron chi connectivity index (χ1n) is 7.88. The van der Waals surface area contributed by atoms with Gasteiger partial charge in [-0.1, -0.05) is 38.8 Å². The third-order valence-electron chi connectivity index (χ3n) is 5.22. The van der Waals surface area contributed by atoms with Crippen molar-refractivity contribution in [3.05, 3.63) is 35.6 Å². The molecule has 0 spiro atoms. The summed E-state index contributed by atoms with van der Waals surface area (Å²) in [6.45, 7) is 4.90. The highest BCUT2D eigenvalue weighted by Crippen LogP contribution is 2.37. The Morgan fingerprint density at radius 1 is 1.19 bits per heavy atom. The van der Waals surface area contributed by atoms with Gasteiger partial charge in [-0.3, -0.25) is 10.1 Å². The lowest BCUT2D eigenvalue weighted by atomic mass is 9.77. The van der Waals surface area contributed by atoms with Crippen molar-refractivity contribution in [1.29, 1.82) is 0 Å². The molecule has 0 radical (unpaired) electrons. The summed E-state index contributed by atoms with van der Waals surface area (Å²) in [7, 11) is 0. The molecule has 3 rings (SSSR count). The largest absolute Gasteiger partial charge is 0.319 e. The predicted molar refractivity (Wildman–Crippen MR) is 80.0 cm³/mol. The van der Waals surface area contributed by atoms with E-state index in [4.69, 9.17) is 0 Å². The van der Waals surface area contributed by atoms with Gasteiger partial charge >= 0.3 is 0 Å². The molecule has 114 valence electrons. The highest BCUT2D eigenvalue weighted by molar-refractivity contribution is 5.81. The van der Waals surface area contributed by atoms with Crippen LogP contribution in [0.5, 0.6) is 0 Å². The molecule has 1 heterocycles. The molecule has 2 aliphatic rings. The van der Waals surface area contributed by atoms with Crippen LogP contribution in [0.3, 0.4) is 0 Å². The average molecular weight is 290 g/mol. The van der Waals surface area contributed by atoms with Crippen LogP contribution in [0, 0.1) is 17.7 Å². The van der Waals surface area contributed by atoms with Gasteiger partial charge in [-0.2, -0.15) is 0 Å². The first-order chi connectivity index (χ1) is 10.1. The molecule has 1 aliphatic carbocycles. The fourth-order valence-electron chi connectivity index (χ4n) is 3.76. The smallest absolute Gasteiger partial charge is 0.238 e. The second kappa shape index (κ2) is 5.76. The number of nitrogens with zero attached hydrogens (tertiary/aromatic N) is 1. The molecule has 0 aromatic heterocycles. The maximum atomic E-state index is 13.1. The fourth-order valence-corrected chi connectivity index (χ4v) is 3.76. The summed E-state index contributed by atoms with van der Waals surface area (Å²) in [5.74, 6) is 1.07. The van der Waals surface area contributed by atoms with Gasteiger partial charge in [-0.15, -0.1) is 0 Å². The lowest BCUT2D eigenvalue weighted by molar-refractivity contribution is -0.132. The molecular formula is C17H23FN2O. The molecule has 1 amide bonds. The molecule has 1 saturated heterocycles. The van der Waals surface area contributed by atoms with Gasteiger partial charge < -0.3 is 4.90 Å². The maximum absolute atomic E-state index is 13.1. The van der Waals surface area contributed by atoms with Crippen molar-refractivity contribution in [3.8, 4) is 0 Å². The van der Waals surface area contributed by atoms with E-state index in [9.17, 15) is 9.18 Å². The van der Waals surface area contributed by atoms with Crippen molar-refractivity contribution in [2.75, 3.05) is 6.54 Å². The molecule has 4 atom stereocenters. The quantitative estimate of drug-likeness (QED) is 0.908. The molecule has 1 aliphatic heterocycles. The summed E-state index contributed by atoms with van der Waals surface area (Å²) in [6.07, 6.45) is 3.37. The number of halogens is 1. The topological polar surface area (TPSA) is 32.3 Å². The van der Waals surface area contributed by atoms with Crippen LogP contribution in [0.15, 0.2) is 24.3 Å². The summed E-state index contributed by atoms with van der Waals surface area (Å²) in [5.41, 5.74) is 0.965. The van der Waals surface area contributed by atoms with E-state index < -0.39 is 0 Å². The molecule has 0 bridgehead atoms. The SMILES string of the molecule is CC1CCCC(N2C(=O)CNC2c2ccc(F)cc2)C1C. The van der Waals surface area contributed by atoms with Crippen molar-refractivity contribution in [1.82, 2.24) is 10.2 Å². The van der Waals surface area contributed by atoms with Crippen molar-refractivity contribution in [3.63, 3.8) is 0 Å². The second-order valence-electron chi connectivity index (χ2n) is 6.47. The Hall–Kier alpha value is -1.42. The maximum Gasteiger partial charge on any atom is 0.238 e. The fraction of sp³-hybridized carbons (Fsp3) is 0.588. The number of benzene rings is 1. The number of carbonyl (C=O) groups excluding carboxylic acids is 1. The number of carbonyl (C=O) groups is 1. The molecule has 21 heavy (non-hydrogen) atoms. The summed E-state index contributed by atoms with van der Waals surface area (Å²) in [4.78, 5) is 14.4. The van der Waals surface area contributed by atoms with E-state index in [1.54, 1.807) is 12.1 Å². The molecule has 2 fully saturated rings. The van der Waals surface area contributed by atoms with Gasteiger partial charge in [0.15, 0.2) is 0 Å². The third-order valence-corrected chi connectivity index (χ3v) is 5.22. The first kappa shape index (κ1) is 14.5. The van der Waals surface area contributed by atoms with Gasteiger partial charge in [0.25, 0.3) is 0 Å². The molecule has 1 saturated carbocycles. The van der Waals surface area contributed by atoms with E-state index in [1.165, 1.54) is 25.0 Å². The average Bonchev–Trinajstić information content (AvgIpc) is 2.85. The van der Waals surface area contributed by atoms with Gasteiger partial charge in [-0.05, 0) is 36.0 Å². The normalized spacial score (nSPS) is 33.5. The third kappa shape index (κ3) is 2.69. The highest BCUT2D eigenvalue weighted by atomic mass is 19.1. The number of amides is 1. The lowest BCUT2D eigenvalue weighted by Gasteiger charge is -2.42. The Morgan fingerprint density at radius 2 is 1.90 bits per heavy atom. The zero-order chi connectivity index (χ0) is 15.0. The summed E-state index contributed by atoms with van der Waals surface area (Å²) in [6, 6.07) is 6.76. The Balaban J connectivity index is 1.87. The first-order valence-corrected chi connectivity index (χ1v) is 7.88. The summed E-state index contributed by atoms with van der Waals surface area (Å²) < 4.78 is 13.1. The van der Waals surface area contributed by atoms with Crippen LogP contribution < -0.4 is 5.32 Å². The van der Waals surface area contributed by atoms with E-state index in [1.807, 2.05) is 4.90 Å². The Morgan fingerprint density at radius 3 is 2.62 bits per heavy atom. The van der Waals surface area contributed by atoms with Crippen LogP contribution in [0.2, 0.25) is 0 Å². The minimum absolute atomic E-state index is 0.115. The van der Waals surface area contributed by atoms with Gasteiger partial charge in [0.2, 0.25) is 5.91 Å². The monoisotopic (exact) mass is 290 g/mol. The van der Waals surface area contributed by atoms with Crippen molar-refractivity contribution >= 4 is 5.91 Å². The van der Waals surface area contributed by atoms with Crippen LogP contribution in [0.25, 0.3) is 0 Å². The van der Waals surface area contributed by atoms with Gasteiger partial charge in [0.05, 0.1) is 6.54 Å². The Kier molecular flexibility index (Phi) is 3.98. The lowest BCUT2D eigenvalue weighted by Crippen LogP contribution is -2.46. The minimum Gasteiger partial charge on any atom is -0.319 e. The van der Waals surface area contributed by atoms with Crippen molar-refractivity contribution < 1.29 is 9.18 Å². The number of rotatable bonds is 2. The van der Waals surface area contributed by atoms with Gasteiger partial charge in [-0.25, -0.2) is 4.39 Å². The number of hydrogen-bond donors (Lipinski definition) is 1. The zero-order valence-electron chi connectivity index (χ0n) is 12.7. The summed E-state index contributed by atoms with van der Waals surface area (Å²) in [5, 5.41) is 3.28. The van der Waals surface area contributed by atoms with Crippen LogP contribution in [-0.4, -0.2) is 23.4 Å². The summed E-state index contributed by atoms with van der Waals surface area (Å²) >= 11 is 0. The van der Waals surface area contributed by atoms with Gasteiger partial charge in [0, 0.05) is 6.04 Å². The van der Waals surface area contributed by atoms with Crippen LogP contribution >= 0.6 is 0 Å². The zero-order valence-corrected chi connectivity index (χ0v) is 12.7. The Labute approximate surface area is 125 Å². The van der Waals surface area contributed by atoms with Crippen LogP contribution in [0.1, 0.15) is 44.8 Å². The van der Waals surface area contributed by atoms with Gasteiger partial charge in [0.1, 0.15) is 12.0 Å². The van der Waals surface area contributed by atoms with Crippen molar-refractivity contribution in [2.24, 2.45) is 11.8 Å². The molecule has 1 aromatic carbocycles.